The number of hydrogen-bond acceptors (Lipinski definition) is 7. The molecular formula is C20H22N4O3. The molecule has 140 valence electrons. The lowest BCUT2D eigenvalue weighted by atomic mass is 10.2. The SMILES string of the molecule is CCOc1ccc(Nc2cc(Nc3ccc(OC)c(OC)c3)ncn2)cc1. The summed E-state index contributed by atoms with van der Waals surface area (Å²) in [6, 6.07) is 15.1. The summed E-state index contributed by atoms with van der Waals surface area (Å²) in [5.41, 5.74) is 1.74. The highest BCUT2D eigenvalue weighted by Gasteiger charge is 2.06. The summed E-state index contributed by atoms with van der Waals surface area (Å²) in [7, 11) is 3.21. The van der Waals surface area contributed by atoms with Crippen LogP contribution < -0.4 is 24.8 Å². The van der Waals surface area contributed by atoms with E-state index in [4.69, 9.17) is 14.2 Å². The Hall–Kier alpha value is -3.48. The van der Waals surface area contributed by atoms with Crippen LogP contribution in [0.25, 0.3) is 0 Å². The fourth-order valence-corrected chi connectivity index (χ4v) is 2.50. The van der Waals surface area contributed by atoms with Crippen LogP contribution in [0.4, 0.5) is 23.0 Å². The molecule has 7 nitrogen and oxygen atoms in total. The Labute approximate surface area is 158 Å². The maximum Gasteiger partial charge on any atom is 0.162 e. The number of nitrogens with one attached hydrogen (secondary N) is 2. The minimum Gasteiger partial charge on any atom is -0.494 e. The number of methoxy groups -OCH3 is 2. The van der Waals surface area contributed by atoms with Crippen molar-refractivity contribution in [3.63, 3.8) is 0 Å². The topological polar surface area (TPSA) is 77.5 Å². The van der Waals surface area contributed by atoms with Gasteiger partial charge in [0.1, 0.15) is 23.7 Å². The second kappa shape index (κ2) is 8.75. The summed E-state index contributed by atoms with van der Waals surface area (Å²) in [6.07, 6.45) is 1.50. The van der Waals surface area contributed by atoms with E-state index in [-0.39, 0.29) is 0 Å². The predicted molar refractivity (Wildman–Crippen MR) is 106 cm³/mol. The molecule has 0 radical (unpaired) electrons. The first-order chi connectivity index (χ1) is 13.2. The molecule has 0 saturated heterocycles. The van der Waals surface area contributed by atoms with Crippen molar-refractivity contribution >= 4 is 23.0 Å². The summed E-state index contributed by atoms with van der Waals surface area (Å²) in [4.78, 5) is 8.52. The largest absolute Gasteiger partial charge is 0.494 e. The van der Waals surface area contributed by atoms with E-state index in [0.717, 1.165) is 17.1 Å². The molecule has 7 heteroatoms. The van der Waals surface area contributed by atoms with E-state index in [1.54, 1.807) is 14.2 Å². The van der Waals surface area contributed by atoms with Crippen LogP contribution >= 0.6 is 0 Å². The average Bonchev–Trinajstić information content (AvgIpc) is 2.70. The standard InChI is InChI=1S/C20H22N4O3/c1-4-27-16-8-5-14(6-9-16)23-19-12-20(22-13-21-19)24-15-7-10-17(25-2)18(11-15)26-3/h5-13H,4H2,1-3H3,(H2,21,22,23,24). The van der Waals surface area contributed by atoms with Gasteiger partial charge in [-0.1, -0.05) is 0 Å². The van der Waals surface area contributed by atoms with Crippen molar-refractivity contribution in [3.8, 4) is 17.2 Å². The molecule has 0 atom stereocenters. The normalized spacial score (nSPS) is 10.2. The second-order valence-electron chi connectivity index (χ2n) is 5.57. The number of hydrogen-bond donors (Lipinski definition) is 2. The van der Waals surface area contributed by atoms with Gasteiger partial charge in [0.15, 0.2) is 11.5 Å². The van der Waals surface area contributed by atoms with E-state index in [2.05, 4.69) is 20.6 Å². The maximum atomic E-state index is 5.45. The smallest absolute Gasteiger partial charge is 0.162 e. The number of anilines is 4. The van der Waals surface area contributed by atoms with Crippen LogP contribution in [-0.4, -0.2) is 30.8 Å². The van der Waals surface area contributed by atoms with Crippen molar-refractivity contribution in [3.05, 3.63) is 54.9 Å². The highest BCUT2D eigenvalue weighted by atomic mass is 16.5. The van der Waals surface area contributed by atoms with Gasteiger partial charge in [0.25, 0.3) is 0 Å². The molecule has 27 heavy (non-hydrogen) atoms. The lowest BCUT2D eigenvalue weighted by molar-refractivity contribution is 0.340. The van der Waals surface area contributed by atoms with Gasteiger partial charge in [-0.2, -0.15) is 0 Å². The van der Waals surface area contributed by atoms with Gasteiger partial charge in [0.05, 0.1) is 20.8 Å². The first-order valence-electron chi connectivity index (χ1n) is 8.53. The van der Waals surface area contributed by atoms with Crippen LogP contribution in [0.3, 0.4) is 0 Å². The van der Waals surface area contributed by atoms with Crippen LogP contribution in [0.5, 0.6) is 17.2 Å². The van der Waals surface area contributed by atoms with E-state index in [0.29, 0.717) is 29.7 Å². The quantitative estimate of drug-likeness (QED) is 0.612. The number of rotatable bonds is 8. The fourth-order valence-electron chi connectivity index (χ4n) is 2.50. The van der Waals surface area contributed by atoms with Crippen LogP contribution in [0.1, 0.15) is 6.92 Å². The van der Waals surface area contributed by atoms with E-state index in [1.165, 1.54) is 6.33 Å². The molecule has 0 saturated carbocycles. The molecule has 0 bridgehead atoms. The third kappa shape index (κ3) is 4.78. The van der Waals surface area contributed by atoms with Crippen LogP contribution in [0.15, 0.2) is 54.9 Å². The van der Waals surface area contributed by atoms with Gasteiger partial charge in [-0.25, -0.2) is 9.97 Å². The van der Waals surface area contributed by atoms with Crippen LogP contribution in [0, 0.1) is 0 Å². The van der Waals surface area contributed by atoms with Crippen molar-refractivity contribution in [2.75, 3.05) is 31.5 Å². The minimum absolute atomic E-state index is 0.643. The molecule has 1 heterocycles. The molecule has 0 unspecified atom stereocenters. The molecule has 0 aliphatic carbocycles. The summed E-state index contributed by atoms with van der Waals surface area (Å²) in [6.45, 7) is 2.60. The zero-order valence-electron chi connectivity index (χ0n) is 15.5. The Morgan fingerprint density at radius 1 is 0.778 bits per heavy atom. The Morgan fingerprint density at radius 3 is 2.04 bits per heavy atom. The summed E-state index contributed by atoms with van der Waals surface area (Å²) in [5.74, 6) is 3.48. The lowest BCUT2D eigenvalue weighted by Crippen LogP contribution is -1.99. The maximum absolute atomic E-state index is 5.45. The lowest BCUT2D eigenvalue weighted by Gasteiger charge is -2.12. The Morgan fingerprint density at radius 2 is 1.41 bits per heavy atom. The van der Waals surface area contributed by atoms with Crippen LogP contribution in [-0.2, 0) is 0 Å². The Kier molecular flexibility index (Phi) is 5.94. The molecule has 0 fully saturated rings. The van der Waals surface area contributed by atoms with E-state index in [9.17, 15) is 0 Å². The van der Waals surface area contributed by atoms with Crippen molar-refractivity contribution < 1.29 is 14.2 Å². The van der Waals surface area contributed by atoms with Gasteiger partial charge in [-0.15, -0.1) is 0 Å². The van der Waals surface area contributed by atoms with Crippen molar-refractivity contribution in [1.82, 2.24) is 9.97 Å². The van der Waals surface area contributed by atoms with E-state index < -0.39 is 0 Å². The van der Waals surface area contributed by atoms with Gasteiger partial charge >= 0.3 is 0 Å². The highest BCUT2D eigenvalue weighted by Crippen LogP contribution is 2.31. The molecule has 3 aromatic rings. The van der Waals surface area contributed by atoms with E-state index in [1.807, 2.05) is 55.5 Å². The zero-order valence-corrected chi connectivity index (χ0v) is 15.5. The molecule has 0 aliphatic rings. The fraction of sp³-hybridized carbons (Fsp3) is 0.200. The second-order valence-corrected chi connectivity index (χ2v) is 5.57. The summed E-state index contributed by atoms with van der Waals surface area (Å²) in [5, 5.41) is 6.48. The first-order valence-corrected chi connectivity index (χ1v) is 8.53. The monoisotopic (exact) mass is 366 g/mol. The molecule has 3 rings (SSSR count). The van der Waals surface area contributed by atoms with Gasteiger partial charge in [-0.05, 0) is 43.3 Å². The number of benzene rings is 2. The Bertz CT molecular complexity index is 885. The van der Waals surface area contributed by atoms with Crippen LogP contribution in [0.2, 0.25) is 0 Å². The van der Waals surface area contributed by atoms with Crippen molar-refractivity contribution in [2.45, 2.75) is 6.92 Å². The highest BCUT2D eigenvalue weighted by molar-refractivity contribution is 5.65. The van der Waals surface area contributed by atoms with Gasteiger partial charge in [0, 0.05) is 23.5 Å². The van der Waals surface area contributed by atoms with Gasteiger partial charge in [-0.3, -0.25) is 0 Å². The third-order valence-electron chi connectivity index (χ3n) is 3.76. The average molecular weight is 366 g/mol. The Balaban J connectivity index is 1.72. The number of nitrogens with zero attached hydrogens (tertiary/aromatic N) is 2. The molecule has 0 aliphatic heterocycles. The van der Waals surface area contributed by atoms with E-state index >= 15 is 0 Å². The molecule has 1 aromatic heterocycles. The number of aromatic nitrogens is 2. The zero-order chi connectivity index (χ0) is 19.1. The van der Waals surface area contributed by atoms with Crippen molar-refractivity contribution in [2.24, 2.45) is 0 Å². The van der Waals surface area contributed by atoms with Crippen molar-refractivity contribution in [1.29, 1.82) is 0 Å². The van der Waals surface area contributed by atoms with Gasteiger partial charge < -0.3 is 24.8 Å². The summed E-state index contributed by atoms with van der Waals surface area (Å²) < 4.78 is 16.0. The number of ether oxygens (including phenoxy) is 3. The first kappa shape index (κ1) is 18.3. The minimum atomic E-state index is 0.643. The summed E-state index contributed by atoms with van der Waals surface area (Å²) >= 11 is 0. The molecule has 2 aromatic carbocycles. The molecule has 2 N–H and O–H groups in total. The molecule has 0 amide bonds. The molecule has 0 spiro atoms. The third-order valence-corrected chi connectivity index (χ3v) is 3.76. The molecular weight excluding hydrogens is 344 g/mol. The predicted octanol–water partition coefficient (Wildman–Crippen LogP) is 4.38. The van der Waals surface area contributed by atoms with Gasteiger partial charge in [0.2, 0.25) is 0 Å².